The molecule has 0 radical (unpaired) electrons. The van der Waals surface area contributed by atoms with E-state index in [4.69, 9.17) is 4.74 Å². The lowest BCUT2D eigenvalue weighted by Gasteiger charge is -2.22. The zero-order valence-electron chi connectivity index (χ0n) is 9.32. The zero-order chi connectivity index (χ0) is 10.7. The highest BCUT2D eigenvalue weighted by atomic mass is 32.1. The zero-order valence-corrected chi connectivity index (χ0v) is 10.1. The van der Waals surface area contributed by atoms with E-state index < -0.39 is 0 Å². The minimum atomic E-state index is 0.678. The van der Waals surface area contributed by atoms with Crippen LogP contribution in [0.25, 0.3) is 0 Å². The van der Waals surface area contributed by atoms with Gasteiger partial charge >= 0.3 is 0 Å². The van der Waals surface area contributed by atoms with Gasteiger partial charge in [0.05, 0.1) is 12.0 Å². The smallest absolute Gasteiger partial charge is 0.134 e. The molecule has 2 heterocycles. The molecule has 0 spiro atoms. The summed E-state index contributed by atoms with van der Waals surface area (Å²) in [6, 6.07) is 2.72. The van der Waals surface area contributed by atoms with Gasteiger partial charge in [-0.05, 0) is 31.5 Å². The maximum Gasteiger partial charge on any atom is 0.134 e. The summed E-state index contributed by atoms with van der Waals surface area (Å²) in [5.41, 5.74) is 0. The minimum absolute atomic E-state index is 0.678. The van der Waals surface area contributed by atoms with E-state index in [0.29, 0.717) is 6.04 Å². The predicted molar refractivity (Wildman–Crippen MR) is 63.6 cm³/mol. The molecule has 4 heteroatoms. The Bertz CT molecular complexity index is 307. The van der Waals surface area contributed by atoms with Crippen molar-refractivity contribution in [1.29, 1.82) is 0 Å². The second-order valence-corrected chi connectivity index (χ2v) is 4.97. The van der Waals surface area contributed by atoms with Gasteiger partial charge in [0.2, 0.25) is 0 Å². The molecular formula is C11H18N2OS. The van der Waals surface area contributed by atoms with Gasteiger partial charge in [-0.15, -0.1) is 11.3 Å². The topological polar surface area (TPSA) is 24.5 Å². The van der Waals surface area contributed by atoms with Gasteiger partial charge in [0.1, 0.15) is 5.75 Å². The number of ether oxygens (including phenoxy) is 1. The molecule has 1 N–H and O–H groups in total. The number of nitrogens with zero attached hydrogens (tertiary/aromatic N) is 1. The van der Waals surface area contributed by atoms with E-state index in [0.717, 1.165) is 25.4 Å². The molecule has 1 aliphatic heterocycles. The fraction of sp³-hybridized carbons (Fsp3) is 0.636. The maximum absolute atomic E-state index is 5.32. The number of likely N-dealkylation sites (N-methyl/N-ethyl adjacent to an activating group) is 1. The minimum Gasteiger partial charge on any atom is -0.496 e. The number of hydrogen-bond acceptors (Lipinski definition) is 4. The van der Waals surface area contributed by atoms with Crippen molar-refractivity contribution >= 4 is 11.3 Å². The van der Waals surface area contributed by atoms with Gasteiger partial charge in [0, 0.05) is 19.1 Å². The Morgan fingerprint density at radius 2 is 2.53 bits per heavy atom. The van der Waals surface area contributed by atoms with Crippen molar-refractivity contribution in [3.05, 3.63) is 16.3 Å². The third kappa shape index (κ3) is 2.51. The number of methoxy groups -OCH3 is 1. The van der Waals surface area contributed by atoms with E-state index in [1.807, 2.05) is 6.07 Å². The van der Waals surface area contributed by atoms with Crippen LogP contribution in [0.1, 0.15) is 11.3 Å². The number of nitrogens with one attached hydrogen (secondary N) is 1. The first kappa shape index (κ1) is 10.9. The van der Waals surface area contributed by atoms with E-state index in [1.165, 1.54) is 11.3 Å². The summed E-state index contributed by atoms with van der Waals surface area (Å²) in [5.74, 6) is 1.03. The Morgan fingerprint density at radius 1 is 1.67 bits per heavy atom. The Hall–Kier alpha value is -0.580. The van der Waals surface area contributed by atoms with Gasteiger partial charge in [-0.25, -0.2) is 0 Å². The van der Waals surface area contributed by atoms with E-state index in [1.54, 1.807) is 18.4 Å². The van der Waals surface area contributed by atoms with Crippen LogP contribution in [0.5, 0.6) is 5.75 Å². The first-order valence-corrected chi connectivity index (χ1v) is 6.20. The van der Waals surface area contributed by atoms with Crippen molar-refractivity contribution in [2.45, 2.75) is 19.0 Å². The van der Waals surface area contributed by atoms with Crippen molar-refractivity contribution in [2.75, 3.05) is 27.2 Å². The molecule has 1 aromatic rings. The fourth-order valence-electron chi connectivity index (χ4n) is 2.00. The van der Waals surface area contributed by atoms with Gasteiger partial charge in [0.15, 0.2) is 0 Å². The molecule has 84 valence electrons. The average Bonchev–Trinajstić information content (AvgIpc) is 2.87. The van der Waals surface area contributed by atoms with Crippen LogP contribution in [-0.4, -0.2) is 38.2 Å². The quantitative estimate of drug-likeness (QED) is 0.843. The van der Waals surface area contributed by atoms with E-state index in [-0.39, 0.29) is 0 Å². The molecule has 1 unspecified atom stereocenters. The van der Waals surface area contributed by atoms with Crippen LogP contribution in [0.2, 0.25) is 0 Å². The number of thiophene rings is 1. The van der Waals surface area contributed by atoms with Crippen LogP contribution in [0.3, 0.4) is 0 Å². The molecule has 15 heavy (non-hydrogen) atoms. The van der Waals surface area contributed by atoms with Gasteiger partial charge in [-0.2, -0.15) is 0 Å². The van der Waals surface area contributed by atoms with Crippen LogP contribution in [-0.2, 0) is 6.54 Å². The first-order valence-electron chi connectivity index (χ1n) is 5.32. The lowest BCUT2D eigenvalue weighted by Crippen LogP contribution is -2.32. The number of rotatable bonds is 4. The second kappa shape index (κ2) is 4.96. The molecule has 0 aliphatic carbocycles. The van der Waals surface area contributed by atoms with Crippen LogP contribution < -0.4 is 10.1 Å². The molecule has 1 atom stereocenters. The van der Waals surface area contributed by atoms with E-state index in [9.17, 15) is 0 Å². The standard InChI is InChI=1S/C11H18N2OS/c1-13(9-3-5-12-7-9)8-11-10(14-2)4-6-15-11/h4,6,9,12H,3,5,7-8H2,1-2H3. The first-order chi connectivity index (χ1) is 7.31. The van der Waals surface area contributed by atoms with Crippen molar-refractivity contribution < 1.29 is 4.74 Å². The van der Waals surface area contributed by atoms with Crippen molar-refractivity contribution in [1.82, 2.24) is 10.2 Å². The molecular weight excluding hydrogens is 208 g/mol. The van der Waals surface area contributed by atoms with Gasteiger partial charge in [-0.3, -0.25) is 4.90 Å². The van der Waals surface area contributed by atoms with E-state index in [2.05, 4.69) is 22.6 Å². The van der Waals surface area contributed by atoms with E-state index >= 15 is 0 Å². The molecule has 1 fully saturated rings. The third-order valence-corrected chi connectivity index (χ3v) is 3.86. The highest BCUT2D eigenvalue weighted by molar-refractivity contribution is 7.10. The van der Waals surface area contributed by atoms with Crippen LogP contribution in [0, 0.1) is 0 Å². The monoisotopic (exact) mass is 226 g/mol. The largest absolute Gasteiger partial charge is 0.496 e. The predicted octanol–water partition coefficient (Wildman–Crippen LogP) is 1.55. The number of hydrogen-bond donors (Lipinski definition) is 1. The summed E-state index contributed by atoms with van der Waals surface area (Å²) >= 11 is 1.77. The molecule has 1 aliphatic rings. The Labute approximate surface area is 95.0 Å². The fourth-order valence-corrected chi connectivity index (χ4v) is 2.90. The van der Waals surface area contributed by atoms with Crippen LogP contribution in [0.15, 0.2) is 11.4 Å². The summed E-state index contributed by atoms with van der Waals surface area (Å²) in [5, 5.41) is 5.48. The molecule has 3 nitrogen and oxygen atoms in total. The van der Waals surface area contributed by atoms with Gasteiger partial charge in [0.25, 0.3) is 0 Å². The summed E-state index contributed by atoms with van der Waals surface area (Å²) in [6.45, 7) is 3.26. The SMILES string of the molecule is COc1ccsc1CN(C)C1CCNC1. The molecule has 0 amide bonds. The van der Waals surface area contributed by atoms with Gasteiger partial charge in [-0.1, -0.05) is 0 Å². The Kier molecular flexibility index (Phi) is 3.61. The Balaban J connectivity index is 1.95. The van der Waals surface area contributed by atoms with Gasteiger partial charge < -0.3 is 10.1 Å². The van der Waals surface area contributed by atoms with Crippen molar-refractivity contribution in [3.8, 4) is 5.75 Å². The van der Waals surface area contributed by atoms with Crippen LogP contribution >= 0.6 is 11.3 Å². The van der Waals surface area contributed by atoms with Crippen LogP contribution in [0.4, 0.5) is 0 Å². The normalized spacial score (nSPS) is 21.1. The lowest BCUT2D eigenvalue weighted by molar-refractivity contribution is 0.247. The molecule has 0 bridgehead atoms. The summed E-state index contributed by atoms with van der Waals surface area (Å²) < 4.78 is 5.32. The van der Waals surface area contributed by atoms with Crippen molar-refractivity contribution in [3.63, 3.8) is 0 Å². The summed E-state index contributed by atoms with van der Waals surface area (Å²) in [6.07, 6.45) is 1.25. The highest BCUT2D eigenvalue weighted by Gasteiger charge is 2.20. The molecule has 2 rings (SSSR count). The second-order valence-electron chi connectivity index (χ2n) is 3.97. The molecule has 0 aromatic carbocycles. The summed E-state index contributed by atoms with van der Waals surface area (Å²) in [4.78, 5) is 3.74. The average molecular weight is 226 g/mol. The maximum atomic E-state index is 5.32. The Morgan fingerprint density at radius 3 is 3.20 bits per heavy atom. The molecule has 0 saturated carbocycles. The summed E-state index contributed by atoms with van der Waals surface area (Å²) in [7, 11) is 3.93. The lowest BCUT2D eigenvalue weighted by atomic mass is 10.2. The molecule has 1 saturated heterocycles. The van der Waals surface area contributed by atoms with Crippen molar-refractivity contribution in [2.24, 2.45) is 0 Å². The third-order valence-electron chi connectivity index (χ3n) is 2.98. The highest BCUT2D eigenvalue weighted by Crippen LogP contribution is 2.26. The molecule has 1 aromatic heterocycles.